The van der Waals surface area contributed by atoms with Crippen molar-refractivity contribution in [3.05, 3.63) is 249 Å². The minimum absolute atomic E-state index is 0.0196. The quantitative estimate of drug-likeness (QED) is 0.0338. The lowest BCUT2D eigenvalue weighted by atomic mass is 10.1. The molecule has 9 aromatic rings. The molecule has 4 aromatic heterocycles. The molecule has 0 saturated carbocycles. The average Bonchev–Trinajstić information content (AvgIpc) is 0.882. The van der Waals surface area contributed by atoms with Crippen molar-refractivity contribution in [2.45, 2.75) is 96.2 Å². The van der Waals surface area contributed by atoms with Gasteiger partial charge in [0.2, 0.25) is 0 Å². The maximum atomic E-state index is 12.6. The smallest absolute Gasteiger partial charge is 0.296 e. The van der Waals surface area contributed by atoms with Gasteiger partial charge in [0.1, 0.15) is 13.2 Å². The number of halogens is 2. The van der Waals surface area contributed by atoms with Gasteiger partial charge in [0, 0.05) is 34.6 Å². The second kappa shape index (κ2) is 39.5. The van der Waals surface area contributed by atoms with Gasteiger partial charge in [-0.05, 0) is 144 Å². The van der Waals surface area contributed by atoms with Gasteiger partial charge in [-0.25, -0.2) is 19.9 Å². The van der Waals surface area contributed by atoms with Crippen LogP contribution in [0.4, 0.5) is 0 Å². The first-order valence-corrected chi connectivity index (χ1v) is 35.8. The minimum Gasteiger partial charge on any atom is -0.490 e. The van der Waals surface area contributed by atoms with E-state index in [0.29, 0.717) is 124 Å². The number of hydrogen-bond acceptors (Lipinski definition) is 20. The Morgan fingerprint density at radius 3 is 1.20 bits per heavy atom. The SMILES string of the molecule is Cc1ccc(S(=O)(=O)OCC(CCOc2ccc(C)nc2Cl)COCc2ccccc2)cc1.Cc1ccc(S(=O)(=O)OCC(CCOc2ccc(C)nc2Cl)COCc2ccccc2)cc1.Cc1ccc2c(n1)OCC(CO)O2.Cc1ccc2c(n1)OCC(COCc1ccccc1)O2. The molecule has 0 radical (unpaired) electrons. The summed E-state index contributed by atoms with van der Waals surface area (Å²) < 4.78 is 112. The van der Waals surface area contributed by atoms with Crippen LogP contribution >= 0.6 is 23.2 Å². The number of fused-ring (bicyclic) bond motifs is 2. The van der Waals surface area contributed by atoms with E-state index >= 15 is 0 Å². The molecular formula is C75H84Cl2N4O16S2. The molecule has 0 amide bonds. The van der Waals surface area contributed by atoms with Crippen molar-refractivity contribution >= 4 is 43.4 Å². The zero-order valence-electron chi connectivity index (χ0n) is 56.2. The number of aryl methyl sites for hydroxylation is 6. The highest BCUT2D eigenvalue weighted by Crippen LogP contribution is 2.32. The molecule has 2 aliphatic heterocycles. The zero-order chi connectivity index (χ0) is 70.4. The predicted molar refractivity (Wildman–Crippen MR) is 377 cm³/mol. The minimum atomic E-state index is -3.87. The van der Waals surface area contributed by atoms with Crippen LogP contribution in [0.1, 0.15) is 63.4 Å². The first-order chi connectivity index (χ1) is 47.8. The fourth-order valence-corrected chi connectivity index (χ4v) is 11.8. The zero-order valence-corrected chi connectivity index (χ0v) is 59.4. The van der Waals surface area contributed by atoms with Gasteiger partial charge in [-0.2, -0.15) is 16.8 Å². The number of hydrogen-bond donors (Lipinski definition) is 1. The highest BCUT2D eigenvalue weighted by Gasteiger charge is 2.25. The molecule has 0 saturated heterocycles. The number of ether oxygens (including phenoxy) is 9. The second-order valence-corrected chi connectivity index (χ2v) is 27.3. The van der Waals surface area contributed by atoms with Crippen molar-refractivity contribution in [3.8, 4) is 34.8 Å². The van der Waals surface area contributed by atoms with Crippen molar-refractivity contribution in [1.82, 2.24) is 19.9 Å². The van der Waals surface area contributed by atoms with Crippen LogP contribution in [0.15, 0.2) is 198 Å². The molecule has 2 aliphatic rings. The van der Waals surface area contributed by atoms with E-state index in [-0.39, 0.29) is 53.7 Å². The van der Waals surface area contributed by atoms with Crippen molar-refractivity contribution in [1.29, 1.82) is 0 Å². The van der Waals surface area contributed by atoms with Gasteiger partial charge < -0.3 is 47.7 Å². The molecule has 99 heavy (non-hydrogen) atoms. The molecular weight excluding hydrogens is 1350 g/mol. The fraction of sp³-hybridized carbons (Fsp3) is 0.333. The van der Waals surface area contributed by atoms with E-state index in [0.717, 1.165) is 50.6 Å². The van der Waals surface area contributed by atoms with Crippen LogP contribution in [-0.4, -0.2) is 120 Å². The topological polar surface area (TPSA) is 242 Å². The molecule has 24 heteroatoms. The first kappa shape index (κ1) is 76.5. The summed E-state index contributed by atoms with van der Waals surface area (Å²) in [5.74, 6) is 2.95. The lowest BCUT2D eigenvalue weighted by Gasteiger charge is -2.25. The molecule has 4 atom stereocenters. The first-order valence-electron chi connectivity index (χ1n) is 32.2. The van der Waals surface area contributed by atoms with Gasteiger partial charge in [0.05, 0.1) is 82.5 Å². The molecule has 6 heterocycles. The van der Waals surface area contributed by atoms with E-state index in [1.165, 1.54) is 0 Å². The van der Waals surface area contributed by atoms with Crippen LogP contribution in [-0.2, 0) is 62.6 Å². The number of benzene rings is 5. The van der Waals surface area contributed by atoms with E-state index in [2.05, 4.69) is 19.9 Å². The Morgan fingerprint density at radius 1 is 0.444 bits per heavy atom. The van der Waals surface area contributed by atoms with Crippen molar-refractivity contribution in [3.63, 3.8) is 0 Å². The van der Waals surface area contributed by atoms with Crippen LogP contribution in [0.5, 0.6) is 34.8 Å². The summed E-state index contributed by atoms with van der Waals surface area (Å²) >= 11 is 12.3. The third-order valence-electron chi connectivity index (χ3n) is 14.9. The molecule has 1 N–H and O–H groups in total. The van der Waals surface area contributed by atoms with Gasteiger partial charge in [-0.15, -0.1) is 0 Å². The summed E-state index contributed by atoms with van der Waals surface area (Å²) in [7, 11) is -7.73. The molecule has 0 aliphatic carbocycles. The second-order valence-electron chi connectivity index (χ2n) is 23.4. The molecule has 20 nitrogen and oxygen atoms in total. The summed E-state index contributed by atoms with van der Waals surface area (Å²) in [5.41, 5.74) is 8.60. The van der Waals surface area contributed by atoms with Crippen LogP contribution in [0, 0.1) is 53.4 Å². The maximum Gasteiger partial charge on any atom is 0.296 e. The Labute approximate surface area is 590 Å². The van der Waals surface area contributed by atoms with Crippen molar-refractivity contribution in [2.24, 2.45) is 11.8 Å². The standard InChI is InChI=1S/2C25H28ClNO5S.C16H17NO3.C9H11NO3/c2*1-19-8-11-23(12-9-19)33(28,29)32-18-22(17-30-16-21-6-4-3-5-7-21)14-15-31-24-13-10-20(2)27-25(24)26;1-12-7-8-15-16(17-12)19-11-14(20-15)10-18-9-13-5-3-2-4-6-13;1-6-2-3-8-9(10-6)12-5-7(4-11)13-8/h2*3-13,22H,14-18H2,1-2H3;2-8,14H,9-11H2,1H3;2-3,7,11H,4-5H2,1H3. The molecule has 4 unspecified atom stereocenters. The fourth-order valence-electron chi connectivity index (χ4n) is 9.35. The lowest BCUT2D eigenvalue weighted by molar-refractivity contribution is 0.000718. The monoisotopic (exact) mass is 1430 g/mol. The predicted octanol–water partition coefficient (Wildman–Crippen LogP) is 14.0. The third-order valence-corrected chi connectivity index (χ3v) is 18.0. The third kappa shape index (κ3) is 26.4. The van der Waals surface area contributed by atoms with E-state index in [1.54, 1.807) is 66.7 Å². The highest BCUT2D eigenvalue weighted by molar-refractivity contribution is 7.87. The Hall–Kier alpha value is -8.26. The average molecular weight is 1430 g/mol. The normalized spacial score (nSPS) is 14.4. The van der Waals surface area contributed by atoms with Crippen molar-refractivity contribution < 1.29 is 72.9 Å². The number of pyridine rings is 4. The molecule has 526 valence electrons. The van der Waals surface area contributed by atoms with E-state index in [9.17, 15) is 16.8 Å². The summed E-state index contributed by atoms with van der Waals surface area (Å²) in [4.78, 5) is 17.1. The molecule has 11 rings (SSSR count). The van der Waals surface area contributed by atoms with E-state index in [4.69, 9.17) is 79.3 Å². The van der Waals surface area contributed by atoms with Crippen LogP contribution in [0.25, 0.3) is 0 Å². The molecule has 0 fully saturated rings. The van der Waals surface area contributed by atoms with E-state index in [1.807, 2.05) is 163 Å². The summed E-state index contributed by atoms with van der Waals surface area (Å²) in [6.07, 6.45) is 0.679. The molecule has 0 bridgehead atoms. The van der Waals surface area contributed by atoms with Gasteiger partial charge in [0.25, 0.3) is 32.0 Å². The molecule has 5 aromatic carbocycles. The van der Waals surface area contributed by atoms with Crippen LogP contribution in [0.2, 0.25) is 10.3 Å². The highest BCUT2D eigenvalue weighted by atomic mass is 35.5. The number of nitrogens with zero attached hydrogens (tertiary/aromatic N) is 4. The molecule has 0 spiro atoms. The van der Waals surface area contributed by atoms with Gasteiger partial charge in [0.15, 0.2) is 45.5 Å². The summed E-state index contributed by atoms with van der Waals surface area (Å²) in [6, 6.07) is 57.4. The van der Waals surface area contributed by atoms with E-state index < -0.39 is 20.2 Å². The number of rotatable bonds is 29. The largest absolute Gasteiger partial charge is 0.490 e. The Bertz CT molecular complexity index is 3950. The van der Waals surface area contributed by atoms with Crippen LogP contribution < -0.4 is 28.4 Å². The number of aliphatic hydroxyl groups is 1. The van der Waals surface area contributed by atoms with Gasteiger partial charge in [-0.1, -0.05) is 150 Å². The van der Waals surface area contributed by atoms with Gasteiger partial charge in [-0.3, -0.25) is 8.37 Å². The van der Waals surface area contributed by atoms with Gasteiger partial charge >= 0.3 is 0 Å². The Morgan fingerprint density at radius 2 is 0.808 bits per heavy atom. The Balaban J connectivity index is 0.000000177. The van der Waals surface area contributed by atoms with Crippen molar-refractivity contribution in [2.75, 3.05) is 66.1 Å². The summed E-state index contributed by atoms with van der Waals surface area (Å²) in [6.45, 7) is 15.3. The Kier molecular flexibility index (Phi) is 30.5. The number of aromatic nitrogens is 4. The van der Waals surface area contributed by atoms with Crippen LogP contribution in [0.3, 0.4) is 0 Å². The lowest BCUT2D eigenvalue weighted by Crippen LogP contribution is -2.33. The summed E-state index contributed by atoms with van der Waals surface area (Å²) in [5, 5.41) is 9.44. The number of aliphatic hydroxyl groups excluding tert-OH is 1. The maximum absolute atomic E-state index is 12.6.